The fourth-order valence-electron chi connectivity index (χ4n) is 2.58. The first-order chi connectivity index (χ1) is 5.79. The van der Waals surface area contributed by atoms with Crippen molar-refractivity contribution < 1.29 is 9.90 Å². The molecule has 0 amide bonds. The number of rotatable bonds is 1. The summed E-state index contributed by atoms with van der Waals surface area (Å²) in [6.07, 6.45) is 4.23. The number of halogens is 1. The Morgan fingerprint density at radius 2 is 1.85 bits per heavy atom. The molecular formula is C9H16ClNO2. The van der Waals surface area contributed by atoms with Crippen molar-refractivity contribution in [3.63, 3.8) is 0 Å². The number of carboxylic acids is 1. The van der Waals surface area contributed by atoms with Crippen LogP contribution in [0.1, 0.15) is 25.7 Å². The van der Waals surface area contributed by atoms with Crippen molar-refractivity contribution in [2.24, 2.45) is 5.92 Å². The average Bonchev–Trinajstić information content (AvgIpc) is 2.49. The average molecular weight is 206 g/mol. The third-order valence-corrected chi connectivity index (χ3v) is 3.16. The number of aliphatic carboxylic acids is 1. The Labute approximate surface area is 84.5 Å². The lowest BCUT2D eigenvalue weighted by Crippen LogP contribution is -2.43. The molecule has 2 fully saturated rings. The minimum absolute atomic E-state index is 0. The molecule has 2 aliphatic rings. The standard InChI is InChI=1S/C9H15NO2.ClH/c11-9(12)7-3-1-5-10-6-2-4-8(7)10;/h7-8H,1-6H2,(H,11,12);1H. The van der Waals surface area contributed by atoms with E-state index in [9.17, 15) is 4.79 Å². The van der Waals surface area contributed by atoms with Crippen LogP contribution in [-0.2, 0) is 4.79 Å². The van der Waals surface area contributed by atoms with Crippen LogP contribution in [0.3, 0.4) is 0 Å². The van der Waals surface area contributed by atoms with Gasteiger partial charge in [-0.2, -0.15) is 0 Å². The predicted molar refractivity (Wildman–Crippen MR) is 52.2 cm³/mol. The number of carboxylic acid groups (broad SMARTS) is 1. The molecule has 3 nitrogen and oxygen atoms in total. The summed E-state index contributed by atoms with van der Waals surface area (Å²) in [6, 6.07) is 0.358. The van der Waals surface area contributed by atoms with E-state index >= 15 is 0 Å². The second kappa shape index (κ2) is 4.29. The number of nitrogens with zero attached hydrogens (tertiary/aromatic N) is 1. The molecule has 2 unspecified atom stereocenters. The Balaban J connectivity index is 0.000000845. The Morgan fingerprint density at radius 1 is 1.23 bits per heavy atom. The maximum Gasteiger partial charge on any atom is 0.308 e. The highest BCUT2D eigenvalue weighted by Crippen LogP contribution is 2.31. The molecule has 2 saturated heterocycles. The summed E-state index contributed by atoms with van der Waals surface area (Å²) >= 11 is 0. The van der Waals surface area contributed by atoms with Gasteiger partial charge in [-0.1, -0.05) is 0 Å². The van der Waals surface area contributed by atoms with E-state index in [1.165, 1.54) is 6.42 Å². The van der Waals surface area contributed by atoms with Crippen molar-refractivity contribution in [3.05, 3.63) is 0 Å². The Kier molecular flexibility index (Phi) is 3.56. The van der Waals surface area contributed by atoms with Crippen LogP contribution in [0, 0.1) is 5.92 Å². The first-order valence-corrected chi connectivity index (χ1v) is 4.76. The lowest BCUT2D eigenvalue weighted by molar-refractivity contribution is -0.145. The summed E-state index contributed by atoms with van der Waals surface area (Å²) in [5.41, 5.74) is 0. The van der Waals surface area contributed by atoms with Gasteiger partial charge in [0.15, 0.2) is 0 Å². The van der Waals surface area contributed by atoms with E-state index in [1.54, 1.807) is 0 Å². The monoisotopic (exact) mass is 205 g/mol. The fourth-order valence-corrected chi connectivity index (χ4v) is 2.58. The fraction of sp³-hybridized carbons (Fsp3) is 0.889. The summed E-state index contributed by atoms with van der Waals surface area (Å²) in [6.45, 7) is 2.24. The number of hydrogen-bond acceptors (Lipinski definition) is 2. The molecule has 2 heterocycles. The zero-order valence-corrected chi connectivity index (χ0v) is 8.42. The van der Waals surface area contributed by atoms with Gasteiger partial charge in [-0.25, -0.2) is 0 Å². The number of hydrogen-bond donors (Lipinski definition) is 1. The van der Waals surface area contributed by atoms with Gasteiger partial charge in [0.1, 0.15) is 0 Å². The normalized spacial score (nSPS) is 33.5. The highest BCUT2D eigenvalue weighted by atomic mass is 35.5. The maximum absolute atomic E-state index is 10.9. The largest absolute Gasteiger partial charge is 0.481 e. The molecule has 0 bridgehead atoms. The predicted octanol–water partition coefficient (Wildman–Crippen LogP) is 1.37. The van der Waals surface area contributed by atoms with Crippen molar-refractivity contribution in [2.75, 3.05) is 13.1 Å². The molecule has 0 radical (unpaired) electrons. The summed E-state index contributed by atoms with van der Waals surface area (Å²) in [5, 5.41) is 8.96. The Bertz CT molecular complexity index is 198. The van der Waals surface area contributed by atoms with E-state index in [4.69, 9.17) is 5.11 Å². The zero-order chi connectivity index (χ0) is 8.55. The number of piperidine rings is 1. The molecule has 0 aromatic rings. The van der Waals surface area contributed by atoms with Crippen molar-refractivity contribution in [2.45, 2.75) is 31.7 Å². The summed E-state index contributed by atoms with van der Waals surface area (Å²) in [4.78, 5) is 13.2. The van der Waals surface area contributed by atoms with E-state index < -0.39 is 5.97 Å². The van der Waals surface area contributed by atoms with Crippen molar-refractivity contribution >= 4 is 18.4 Å². The molecule has 13 heavy (non-hydrogen) atoms. The van der Waals surface area contributed by atoms with Gasteiger partial charge >= 0.3 is 5.97 Å². The molecular weight excluding hydrogens is 190 g/mol. The van der Waals surface area contributed by atoms with Gasteiger partial charge in [0.05, 0.1) is 5.92 Å². The summed E-state index contributed by atoms with van der Waals surface area (Å²) < 4.78 is 0. The molecule has 76 valence electrons. The van der Waals surface area contributed by atoms with Gasteiger partial charge in [-0.15, -0.1) is 12.4 Å². The van der Waals surface area contributed by atoms with Gasteiger partial charge in [0.25, 0.3) is 0 Å². The van der Waals surface area contributed by atoms with Gasteiger partial charge < -0.3 is 5.11 Å². The van der Waals surface area contributed by atoms with Crippen molar-refractivity contribution in [1.29, 1.82) is 0 Å². The van der Waals surface area contributed by atoms with Gasteiger partial charge in [-0.3, -0.25) is 9.69 Å². The first kappa shape index (κ1) is 10.8. The Morgan fingerprint density at radius 3 is 2.46 bits per heavy atom. The molecule has 0 aromatic carbocycles. The topological polar surface area (TPSA) is 40.5 Å². The number of fused-ring (bicyclic) bond motifs is 1. The van der Waals surface area contributed by atoms with Crippen molar-refractivity contribution in [1.82, 2.24) is 4.90 Å². The van der Waals surface area contributed by atoms with Gasteiger partial charge in [0.2, 0.25) is 0 Å². The lowest BCUT2D eigenvalue weighted by atomic mass is 9.89. The van der Waals surface area contributed by atoms with Crippen LogP contribution in [0.15, 0.2) is 0 Å². The van der Waals surface area contributed by atoms with Gasteiger partial charge in [-0.05, 0) is 38.8 Å². The minimum Gasteiger partial charge on any atom is -0.481 e. The molecule has 2 rings (SSSR count). The van der Waals surface area contributed by atoms with Crippen LogP contribution in [0.25, 0.3) is 0 Å². The summed E-state index contributed by atoms with van der Waals surface area (Å²) in [5.74, 6) is -0.673. The van der Waals surface area contributed by atoms with E-state index in [2.05, 4.69) is 4.90 Å². The van der Waals surface area contributed by atoms with Crippen LogP contribution >= 0.6 is 12.4 Å². The molecule has 0 spiro atoms. The molecule has 2 atom stereocenters. The van der Waals surface area contributed by atoms with E-state index in [0.717, 1.165) is 32.4 Å². The zero-order valence-electron chi connectivity index (χ0n) is 7.61. The first-order valence-electron chi connectivity index (χ1n) is 4.76. The third-order valence-electron chi connectivity index (χ3n) is 3.16. The minimum atomic E-state index is -0.591. The highest BCUT2D eigenvalue weighted by molar-refractivity contribution is 5.85. The lowest BCUT2D eigenvalue weighted by Gasteiger charge is -2.34. The molecule has 0 aromatic heterocycles. The second-order valence-electron chi connectivity index (χ2n) is 3.83. The van der Waals surface area contributed by atoms with Crippen LogP contribution in [-0.4, -0.2) is 35.1 Å². The molecule has 1 N–H and O–H groups in total. The second-order valence-corrected chi connectivity index (χ2v) is 3.83. The van der Waals surface area contributed by atoms with Crippen LogP contribution in [0.5, 0.6) is 0 Å². The van der Waals surface area contributed by atoms with Crippen LogP contribution in [0.2, 0.25) is 0 Å². The highest BCUT2D eigenvalue weighted by Gasteiger charge is 2.38. The molecule has 4 heteroatoms. The summed E-state index contributed by atoms with van der Waals surface area (Å²) in [7, 11) is 0. The van der Waals surface area contributed by atoms with E-state index in [-0.39, 0.29) is 18.3 Å². The molecule has 2 aliphatic heterocycles. The van der Waals surface area contributed by atoms with Crippen molar-refractivity contribution in [3.8, 4) is 0 Å². The van der Waals surface area contributed by atoms with Crippen LogP contribution < -0.4 is 0 Å². The van der Waals surface area contributed by atoms with E-state index in [0.29, 0.717) is 6.04 Å². The maximum atomic E-state index is 10.9. The smallest absolute Gasteiger partial charge is 0.308 e. The van der Waals surface area contributed by atoms with Crippen LogP contribution in [0.4, 0.5) is 0 Å². The molecule has 0 aliphatic carbocycles. The SMILES string of the molecule is Cl.O=C(O)C1CCCN2CCCC12. The third kappa shape index (κ3) is 1.97. The quantitative estimate of drug-likeness (QED) is 0.703. The molecule has 0 saturated carbocycles. The Hall–Kier alpha value is -0.280. The van der Waals surface area contributed by atoms with Gasteiger partial charge in [0, 0.05) is 6.04 Å². The van der Waals surface area contributed by atoms with E-state index in [1.807, 2.05) is 0 Å². The number of carbonyl (C=O) groups is 1.